The average Bonchev–Trinajstić information content (AvgIpc) is 2.46. The molecular weight excluding hydrogens is 252 g/mol. The Balaban J connectivity index is 2.20. The molecule has 0 spiro atoms. The van der Waals surface area contributed by atoms with Gasteiger partial charge in [0.15, 0.2) is 9.84 Å². The van der Waals surface area contributed by atoms with Gasteiger partial charge in [-0.1, -0.05) is 0 Å². The first kappa shape index (κ1) is 15.9. The highest BCUT2D eigenvalue weighted by molar-refractivity contribution is 7.91. The lowest BCUT2D eigenvalue weighted by Gasteiger charge is -2.22. The Hall–Kier alpha value is -0.170. The molecule has 1 saturated heterocycles. The van der Waals surface area contributed by atoms with Gasteiger partial charge < -0.3 is 15.7 Å². The van der Waals surface area contributed by atoms with Crippen LogP contribution in [0.2, 0.25) is 0 Å². The number of unbranched alkanes of at least 4 members (excludes halogenated alkanes) is 1. The summed E-state index contributed by atoms with van der Waals surface area (Å²) in [5.41, 5.74) is 4.69. The highest BCUT2D eigenvalue weighted by Gasteiger charge is 2.20. The molecule has 5 nitrogen and oxygen atoms in total. The summed E-state index contributed by atoms with van der Waals surface area (Å²) >= 11 is 0. The Morgan fingerprint density at radius 1 is 1.28 bits per heavy atom. The lowest BCUT2D eigenvalue weighted by molar-refractivity contribution is 0.0564. The third-order valence-corrected chi connectivity index (χ3v) is 5.24. The Bertz CT molecular complexity index is 341. The van der Waals surface area contributed by atoms with Gasteiger partial charge in [0.1, 0.15) is 0 Å². The molecule has 0 aromatic rings. The molecule has 6 heteroatoms. The molecule has 18 heavy (non-hydrogen) atoms. The van der Waals surface area contributed by atoms with Gasteiger partial charge in [-0.15, -0.1) is 0 Å². The molecule has 0 aromatic carbocycles. The Labute approximate surface area is 110 Å². The molecule has 1 rings (SSSR count). The first-order valence-electron chi connectivity index (χ1n) is 6.70. The van der Waals surface area contributed by atoms with E-state index in [-0.39, 0.29) is 12.3 Å². The van der Waals surface area contributed by atoms with Crippen molar-refractivity contribution in [1.29, 1.82) is 0 Å². The van der Waals surface area contributed by atoms with Crippen molar-refractivity contribution in [3.8, 4) is 0 Å². The van der Waals surface area contributed by atoms with E-state index in [4.69, 9.17) is 5.73 Å². The van der Waals surface area contributed by atoms with Crippen molar-refractivity contribution < 1.29 is 13.5 Å². The fourth-order valence-corrected chi connectivity index (χ4v) is 3.47. The smallest absolute Gasteiger partial charge is 0.151 e. The fraction of sp³-hybridized carbons (Fsp3) is 1.00. The van der Waals surface area contributed by atoms with Crippen LogP contribution in [0.3, 0.4) is 0 Å². The zero-order chi connectivity index (χ0) is 13.6. The van der Waals surface area contributed by atoms with Crippen LogP contribution in [-0.2, 0) is 9.84 Å². The van der Waals surface area contributed by atoms with E-state index in [9.17, 15) is 13.5 Å². The molecule has 0 amide bonds. The van der Waals surface area contributed by atoms with Gasteiger partial charge >= 0.3 is 0 Å². The first-order chi connectivity index (χ1) is 8.35. The van der Waals surface area contributed by atoms with E-state index in [2.05, 4.69) is 4.90 Å². The van der Waals surface area contributed by atoms with Gasteiger partial charge in [0.2, 0.25) is 0 Å². The van der Waals surface area contributed by atoms with Gasteiger partial charge in [0, 0.05) is 13.1 Å². The summed E-state index contributed by atoms with van der Waals surface area (Å²) in [6.07, 6.45) is 3.35. The van der Waals surface area contributed by atoms with E-state index in [0.29, 0.717) is 18.7 Å². The van der Waals surface area contributed by atoms with Crippen LogP contribution in [0.15, 0.2) is 0 Å². The molecule has 1 fully saturated rings. The summed E-state index contributed by atoms with van der Waals surface area (Å²) in [7, 11) is -2.81. The number of sulfone groups is 1. The third-order valence-electron chi connectivity index (χ3n) is 3.53. The molecular formula is C12H26N2O3S. The van der Waals surface area contributed by atoms with E-state index in [0.717, 1.165) is 32.4 Å². The molecule has 108 valence electrons. The minimum Gasteiger partial charge on any atom is -0.389 e. The number of nitrogens with two attached hydrogens (primary N) is 1. The van der Waals surface area contributed by atoms with Crippen molar-refractivity contribution in [2.24, 2.45) is 5.73 Å². The van der Waals surface area contributed by atoms with E-state index in [1.807, 2.05) is 0 Å². The normalized spacial score (nSPS) is 24.4. The van der Waals surface area contributed by atoms with Crippen molar-refractivity contribution >= 4 is 9.84 Å². The topological polar surface area (TPSA) is 83.6 Å². The minimum absolute atomic E-state index is 0.285. The largest absolute Gasteiger partial charge is 0.389 e. The molecule has 1 aliphatic heterocycles. The van der Waals surface area contributed by atoms with Gasteiger partial charge in [-0.25, -0.2) is 8.42 Å². The Morgan fingerprint density at radius 3 is 2.67 bits per heavy atom. The van der Waals surface area contributed by atoms with Crippen LogP contribution in [0.4, 0.5) is 0 Å². The lowest BCUT2D eigenvalue weighted by atomic mass is 9.99. The predicted octanol–water partition coefficient (Wildman–Crippen LogP) is -0.0131. The average molecular weight is 278 g/mol. The van der Waals surface area contributed by atoms with Crippen molar-refractivity contribution in [2.75, 3.05) is 37.7 Å². The number of aliphatic hydroxyl groups is 1. The van der Waals surface area contributed by atoms with Crippen LogP contribution in [0.5, 0.6) is 0 Å². The highest BCUT2D eigenvalue weighted by atomic mass is 32.2. The van der Waals surface area contributed by atoms with Crippen LogP contribution in [0.1, 0.15) is 32.6 Å². The molecule has 0 radical (unpaired) electrons. The van der Waals surface area contributed by atoms with Crippen LogP contribution < -0.4 is 5.73 Å². The van der Waals surface area contributed by atoms with E-state index >= 15 is 0 Å². The second kappa shape index (κ2) is 6.84. The second-order valence-corrected chi connectivity index (χ2v) is 7.81. The minimum atomic E-state index is -2.81. The van der Waals surface area contributed by atoms with Crippen LogP contribution >= 0.6 is 0 Å². The van der Waals surface area contributed by atoms with Gasteiger partial charge in [-0.2, -0.15) is 0 Å². The predicted molar refractivity (Wildman–Crippen MR) is 73.2 cm³/mol. The zero-order valence-corrected chi connectivity index (χ0v) is 12.1. The zero-order valence-electron chi connectivity index (χ0n) is 11.3. The quantitative estimate of drug-likeness (QED) is 0.668. The first-order valence-corrected chi connectivity index (χ1v) is 8.52. The molecule has 0 aliphatic carbocycles. The maximum Gasteiger partial charge on any atom is 0.151 e. The molecule has 0 saturated carbocycles. The van der Waals surface area contributed by atoms with Gasteiger partial charge in [-0.3, -0.25) is 0 Å². The Kier molecular flexibility index (Phi) is 6.04. The molecule has 1 atom stereocenters. The van der Waals surface area contributed by atoms with E-state index in [1.165, 1.54) is 0 Å². The van der Waals surface area contributed by atoms with Crippen LogP contribution in [0.25, 0.3) is 0 Å². The summed E-state index contributed by atoms with van der Waals surface area (Å²) < 4.78 is 22.9. The number of rotatable bonds is 6. The number of hydrogen-bond donors (Lipinski definition) is 2. The van der Waals surface area contributed by atoms with Crippen LogP contribution in [-0.4, -0.2) is 61.7 Å². The summed E-state index contributed by atoms with van der Waals surface area (Å²) in [6.45, 7) is 4.47. The molecule has 0 bridgehead atoms. The highest BCUT2D eigenvalue weighted by Crippen LogP contribution is 2.13. The number of nitrogens with zero attached hydrogens (tertiary/aromatic N) is 1. The Morgan fingerprint density at radius 2 is 2.00 bits per heavy atom. The molecule has 3 N–H and O–H groups in total. The fourth-order valence-electron chi connectivity index (χ4n) is 2.16. The van der Waals surface area contributed by atoms with Gasteiger partial charge in [0.25, 0.3) is 0 Å². The van der Waals surface area contributed by atoms with Gasteiger partial charge in [0.05, 0.1) is 17.1 Å². The molecule has 0 aromatic heterocycles. The van der Waals surface area contributed by atoms with E-state index in [1.54, 1.807) is 6.92 Å². The lowest BCUT2D eigenvalue weighted by Crippen LogP contribution is -2.34. The van der Waals surface area contributed by atoms with Gasteiger partial charge in [-0.05, 0) is 45.7 Å². The number of hydrogen-bond acceptors (Lipinski definition) is 5. The standard InChI is InChI=1S/C12H26N2O3S/c1-12(15,11-13)5-2-3-6-14-7-4-9-18(16,17)10-8-14/h15H,2-11,13H2,1H3. The van der Waals surface area contributed by atoms with E-state index < -0.39 is 15.4 Å². The third kappa shape index (κ3) is 6.13. The van der Waals surface area contributed by atoms with Crippen molar-refractivity contribution in [1.82, 2.24) is 4.90 Å². The molecule has 1 unspecified atom stereocenters. The van der Waals surface area contributed by atoms with Crippen molar-refractivity contribution in [3.63, 3.8) is 0 Å². The summed E-state index contributed by atoms with van der Waals surface area (Å²) in [4.78, 5) is 2.21. The molecule has 1 heterocycles. The summed E-state index contributed by atoms with van der Waals surface area (Å²) in [5, 5.41) is 9.76. The maximum atomic E-state index is 11.4. The van der Waals surface area contributed by atoms with Crippen LogP contribution in [0, 0.1) is 0 Å². The van der Waals surface area contributed by atoms with Crippen molar-refractivity contribution in [2.45, 2.75) is 38.2 Å². The summed E-state index contributed by atoms with van der Waals surface area (Å²) in [6, 6.07) is 0. The monoisotopic (exact) mass is 278 g/mol. The second-order valence-electron chi connectivity index (χ2n) is 5.51. The summed E-state index contributed by atoms with van der Waals surface area (Å²) in [5.74, 6) is 0.610. The molecule has 1 aliphatic rings. The SMILES string of the molecule is CC(O)(CN)CCCCN1CCCS(=O)(=O)CC1. The maximum absolute atomic E-state index is 11.4. The van der Waals surface area contributed by atoms with Crippen molar-refractivity contribution in [3.05, 3.63) is 0 Å².